The number of benzene rings is 3. The van der Waals surface area contributed by atoms with E-state index >= 15 is 0 Å². The van der Waals surface area contributed by atoms with Gasteiger partial charge in [-0.05, 0) is 65.1 Å². The molecule has 10 nitrogen and oxygen atoms in total. The molecule has 218 valence electrons. The fourth-order valence-corrected chi connectivity index (χ4v) is 4.74. The first-order valence-corrected chi connectivity index (χ1v) is 13.6. The summed E-state index contributed by atoms with van der Waals surface area (Å²) in [5.41, 5.74) is 9.77. The SMILES string of the molecule is COc1cccc(-c2cc(O)cc(Nc3ccc(C(=O)NNc4ncc(F)c(N5CCOCC5)n4)c(C(C)C)c3)c2)c1. The maximum atomic E-state index is 14.4. The number of nitrogens with one attached hydrogen (secondary N) is 3. The Labute approximate surface area is 243 Å². The lowest BCUT2D eigenvalue weighted by atomic mass is 9.96. The Kier molecular flexibility index (Phi) is 8.68. The Balaban J connectivity index is 1.31. The Bertz CT molecular complexity index is 1580. The van der Waals surface area contributed by atoms with Gasteiger partial charge in [0.1, 0.15) is 11.5 Å². The van der Waals surface area contributed by atoms with Gasteiger partial charge in [-0.3, -0.25) is 15.6 Å². The fraction of sp³-hybridized carbons (Fsp3) is 0.258. The molecule has 0 spiro atoms. The highest BCUT2D eigenvalue weighted by Gasteiger charge is 2.19. The lowest BCUT2D eigenvalue weighted by Crippen LogP contribution is -2.38. The zero-order valence-electron chi connectivity index (χ0n) is 23.6. The van der Waals surface area contributed by atoms with Crippen molar-refractivity contribution >= 4 is 29.0 Å². The number of methoxy groups -OCH3 is 1. The van der Waals surface area contributed by atoms with Gasteiger partial charge in [-0.1, -0.05) is 26.0 Å². The monoisotopic (exact) mass is 572 g/mol. The molecule has 0 bridgehead atoms. The van der Waals surface area contributed by atoms with Crippen LogP contribution in [0.1, 0.15) is 35.7 Å². The van der Waals surface area contributed by atoms with E-state index in [0.29, 0.717) is 37.6 Å². The number of anilines is 4. The summed E-state index contributed by atoms with van der Waals surface area (Å²) < 4.78 is 25.0. The molecular formula is C31H33FN6O4. The number of carbonyl (C=O) groups is 1. The molecule has 4 N–H and O–H groups in total. The van der Waals surface area contributed by atoms with Crippen molar-refractivity contribution in [3.8, 4) is 22.6 Å². The summed E-state index contributed by atoms with van der Waals surface area (Å²) >= 11 is 0. The molecule has 1 amide bonds. The van der Waals surface area contributed by atoms with Crippen LogP contribution in [0.5, 0.6) is 11.5 Å². The van der Waals surface area contributed by atoms with Gasteiger partial charge in [-0.2, -0.15) is 4.98 Å². The summed E-state index contributed by atoms with van der Waals surface area (Å²) in [5.74, 6) is 0.169. The number of ether oxygens (including phenoxy) is 2. The van der Waals surface area contributed by atoms with Crippen molar-refractivity contribution in [1.82, 2.24) is 15.4 Å². The zero-order chi connectivity index (χ0) is 29.6. The number of carbonyl (C=O) groups excluding carboxylic acids is 1. The van der Waals surface area contributed by atoms with Crippen LogP contribution in [0.15, 0.2) is 66.9 Å². The number of hydrogen-bond donors (Lipinski definition) is 4. The van der Waals surface area contributed by atoms with Crippen LogP contribution in [0.2, 0.25) is 0 Å². The van der Waals surface area contributed by atoms with Crippen molar-refractivity contribution in [3.05, 3.63) is 83.8 Å². The summed E-state index contributed by atoms with van der Waals surface area (Å²) in [5, 5.41) is 13.7. The van der Waals surface area contributed by atoms with Crippen LogP contribution in [0.3, 0.4) is 0 Å². The van der Waals surface area contributed by atoms with Gasteiger partial charge in [-0.25, -0.2) is 9.37 Å². The van der Waals surface area contributed by atoms with E-state index < -0.39 is 5.82 Å². The van der Waals surface area contributed by atoms with Gasteiger partial charge in [-0.15, -0.1) is 0 Å². The third-order valence-electron chi connectivity index (χ3n) is 6.85. The largest absolute Gasteiger partial charge is 0.508 e. The lowest BCUT2D eigenvalue weighted by Gasteiger charge is -2.28. The van der Waals surface area contributed by atoms with Crippen molar-refractivity contribution in [3.63, 3.8) is 0 Å². The third-order valence-corrected chi connectivity index (χ3v) is 6.85. The van der Waals surface area contributed by atoms with Crippen molar-refractivity contribution < 1.29 is 23.8 Å². The second-order valence-electron chi connectivity index (χ2n) is 10.1. The standard InChI is InChI=1S/C31H33FN6O4/c1-19(2)27-17-22(34-23-13-21(14-24(39)16-23)20-5-4-6-25(15-20)41-3)7-8-26(27)30(40)36-37-31-33-18-28(32)29(35-31)38-9-11-42-12-10-38/h4-8,13-19,34,39H,9-12H2,1-3H3,(H,36,40)(H,33,35,37). The van der Waals surface area contributed by atoms with Crippen molar-refractivity contribution in [2.45, 2.75) is 19.8 Å². The number of aromatic hydroxyl groups is 1. The topological polar surface area (TPSA) is 121 Å². The van der Waals surface area contributed by atoms with Crippen LogP contribution in [0.4, 0.5) is 27.5 Å². The summed E-state index contributed by atoms with van der Waals surface area (Å²) in [6, 6.07) is 18.3. The maximum Gasteiger partial charge on any atom is 0.269 e. The summed E-state index contributed by atoms with van der Waals surface area (Å²) in [6.07, 6.45) is 1.08. The molecule has 1 aromatic heterocycles. The number of nitrogens with zero attached hydrogens (tertiary/aromatic N) is 3. The molecule has 1 aliphatic heterocycles. The van der Waals surface area contributed by atoms with Gasteiger partial charge in [0.25, 0.3) is 5.91 Å². The van der Waals surface area contributed by atoms with Crippen molar-refractivity contribution in [2.24, 2.45) is 0 Å². The van der Waals surface area contributed by atoms with Crippen LogP contribution in [-0.2, 0) is 4.74 Å². The molecule has 0 saturated carbocycles. The van der Waals surface area contributed by atoms with Crippen LogP contribution < -0.4 is 25.8 Å². The Morgan fingerprint density at radius 1 is 1.05 bits per heavy atom. The summed E-state index contributed by atoms with van der Waals surface area (Å²) in [7, 11) is 1.61. The van der Waals surface area contributed by atoms with Crippen LogP contribution in [0.25, 0.3) is 11.1 Å². The number of aromatic nitrogens is 2. The van der Waals surface area contributed by atoms with Crippen LogP contribution in [0, 0.1) is 5.82 Å². The number of phenolic OH excluding ortho intramolecular Hbond substituents is 1. The number of hydrazine groups is 1. The summed E-state index contributed by atoms with van der Waals surface area (Å²) in [4.78, 5) is 23.2. The Hall–Kier alpha value is -4.90. The summed E-state index contributed by atoms with van der Waals surface area (Å²) in [6.45, 7) is 6.00. The molecule has 11 heteroatoms. The first-order valence-electron chi connectivity index (χ1n) is 13.6. The predicted octanol–water partition coefficient (Wildman–Crippen LogP) is 5.46. The molecule has 0 unspecified atom stereocenters. The molecular weight excluding hydrogens is 539 g/mol. The highest BCUT2D eigenvalue weighted by molar-refractivity contribution is 5.97. The van der Waals surface area contributed by atoms with E-state index in [0.717, 1.165) is 34.3 Å². The van der Waals surface area contributed by atoms with Crippen LogP contribution >= 0.6 is 0 Å². The minimum absolute atomic E-state index is 0.0269. The molecule has 5 rings (SSSR count). The molecule has 2 heterocycles. The highest BCUT2D eigenvalue weighted by Crippen LogP contribution is 2.32. The molecule has 4 aromatic rings. The van der Waals surface area contributed by atoms with Crippen LogP contribution in [-0.4, -0.2) is 54.4 Å². The molecule has 0 atom stereocenters. The van der Waals surface area contributed by atoms with Gasteiger partial charge in [0.05, 0.1) is 26.5 Å². The number of morpholine rings is 1. The normalized spacial score (nSPS) is 13.1. The van der Waals surface area contributed by atoms with E-state index in [1.54, 1.807) is 36.3 Å². The minimum atomic E-state index is -0.540. The van der Waals surface area contributed by atoms with E-state index in [1.165, 1.54) is 0 Å². The van der Waals surface area contributed by atoms with Gasteiger partial charge in [0.2, 0.25) is 5.95 Å². The van der Waals surface area contributed by atoms with Gasteiger partial charge >= 0.3 is 0 Å². The molecule has 1 aliphatic rings. The van der Waals surface area contributed by atoms with E-state index in [2.05, 4.69) is 26.1 Å². The first-order chi connectivity index (χ1) is 20.3. The highest BCUT2D eigenvalue weighted by atomic mass is 19.1. The number of phenols is 1. The van der Waals surface area contributed by atoms with E-state index in [-0.39, 0.29) is 29.3 Å². The second-order valence-corrected chi connectivity index (χ2v) is 10.1. The molecule has 0 aliphatic carbocycles. The average Bonchev–Trinajstić information content (AvgIpc) is 3.00. The number of hydrogen-bond acceptors (Lipinski definition) is 9. The quantitative estimate of drug-likeness (QED) is 0.194. The van der Waals surface area contributed by atoms with Gasteiger partial charge in [0, 0.05) is 36.1 Å². The number of halogens is 1. The lowest BCUT2D eigenvalue weighted by molar-refractivity contribution is 0.0961. The molecule has 42 heavy (non-hydrogen) atoms. The average molecular weight is 573 g/mol. The fourth-order valence-electron chi connectivity index (χ4n) is 4.74. The maximum absolute atomic E-state index is 14.4. The Morgan fingerprint density at radius 2 is 1.86 bits per heavy atom. The smallest absolute Gasteiger partial charge is 0.269 e. The van der Waals surface area contributed by atoms with Gasteiger partial charge in [0.15, 0.2) is 11.6 Å². The third kappa shape index (κ3) is 6.69. The Morgan fingerprint density at radius 3 is 2.62 bits per heavy atom. The van der Waals surface area contributed by atoms with E-state index in [1.807, 2.05) is 50.2 Å². The molecule has 1 saturated heterocycles. The number of rotatable bonds is 9. The molecule has 1 fully saturated rings. The number of amides is 1. The first kappa shape index (κ1) is 28.6. The predicted molar refractivity (Wildman–Crippen MR) is 160 cm³/mol. The minimum Gasteiger partial charge on any atom is -0.508 e. The zero-order valence-corrected chi connectivity index (χ0v) is 23.6. The van der Waals surface area contributed by atoms with Gasteiger partial charge < -0.3 is 24.8 Å². The second kappa shape index (κ2) is 12.7. The van der Waals surface area contributed by atoms with E-state index in [9.17, 15) is 14.3 Å². The van der Waals surface area contributed by atoms with E-state index in [4.69, 9.17) is 9.47 Å². The molecule has 0 radical (unpaired) electrons. The van der Waals surface area contributed by atoms with Crippen molar-refractivity contribution in [1.29, 1.82) is 0 Å². The van der Waals surface area contributed by atoms with Crippen molar-refractivity contribution in [2.75, 3.05) is 49.1 Å². The molecule has 3 aromatic carbocycles.